The fourth-order valence-corrected chi connectivity index (χ4v) is 2.90. The van der Waals surface area contributed by atoms with Crippen molar-refractivity contribution in [2.75, 3.05) is 0 Å². The second-order valence-electron chi connectivity index (χ2n) is 5.56. The number of hydrogen-bond donors (Lipinski definition) is 1. The SMILES string of the molecule is C#Cc1c(F)ccc2c(C(C)CCCCC)c(O)ccc12. The molecule has 2 heteroatoms. The van der Waals surface area contributed by atoms with Gasteiger partial charge in [-0.1, -0.05) is 45.1 Å². The second kappa shape index (κ2) is 6.63. The van der Waals surface area contributed by atoms with Crippen LogP contribution in [0, 0.1) is 18.2 Å². The zero-order chi connectivity index (χ0) is 15.4. The van der Waals surface area contributed by atoms with Crippen LogP contribution in [0.25, 0.3) is 10.8 Å². The fraction of sp³-hybridized carbons (Fsp3) is 0.368. The summed E-state index contributed by atoms with van der Waals surface area (Å²) in [4.78, 5) is 0. The Morgan fingerprint density at radius 2 is 1.90 bits per heavy atom. The lowest BCUT2D eigenvalue weighted by Crippen LogP contribution is -1.98. The first-order valence-electron chi connectivity index (χ1n) is 7.50. The maximum Gasteiger partial charge on any atom is 0.139 e. The zero-order valence-electron chi connectivity index (χ0n) is 12.6. The number of rotatable bonds is 5. The lowest BCUT2D eigenvalue weighted by atomic mass is 9.88. The van der Waals surface area contributed by atoms with E-state index in [2.05, 4.69) is 19.8 Å². The minimum atomic E-state index is -0.389. The zero-order valence-corrected chi connectivity index (χ0v) is 12.6. The highest BCUT2D eigenvalue weighted by molar-refractivity contribution is 5.92. The van der Waals surface area contributed by atoms with E-state index >= 15 is 0 Å². The van der Waals surface area contributed by atoms with Crippen LogP contribution in [0.2, 0.25) is 0 Å². The summed E-state index contributed by atoms with van der Waals surface area (Å²) in [7, 11) is 0. The van der Waals surface area contributed by atoms with Crippen LogP contribution in [0.15, 0.2) is 24.3 Å². The molecule has 0 aliphatic carbocycles. The Hall–Kier alpha value is -2.01. The molecule has 1 nitrogen and oxygen atoms in total. The number of phenolic OH excluding ortho intramolecular Hbond substituents is 1. The third kappa shape index (κ3) is 3.03. The molecule has 2 aromatic carbocycles. The standard InChI is InChI=1S/C19H21FO/c1-4-6-7-8-13(3)19-16-9-11-17(20)14(5-2)15(16)10-12-18(19)21/h2,9-13,21H,4,6-8H2,1,3H3. The molecule has 0 amide bonds. The van der Waals surface area contributed by atoms with E-state index in [-0.39, 0.29) is 23.0 Å². The van der Waals surface area contributed by atoms with Gasteiger partial charge in [-0.2, -0.15) is 0 Å². The van der Waals surface area contributed by atoms with Crippen molar-refractivity contribution in [1.29, 1.82) is 0 Å². The molecule has 0 aliphatic heterocycles. The van der Waals surface area contributed by atoms with Gasteiger partial charge in [0, 0.05) is 10.9 Å². The van der Waals surface area contributed by atoms with E-state index in [9.17, 15) is 9.50 Å². The van der Waals surface area contributed by atoms with Crippen molar-refractivity contribution >= 4 is 10.8 Å². The molecule has 110 valence electrons. The predicted molar refractivity (Wildman–Crippen MR) is 86.1 cm³/mol. The van der Waals surface area contributed by atoms with Crippen molar-refractivity contribution in [2.45, 2.75) is 45.4 Å². The average molecular weight is 284 g/mol. The van der Waals surface area contributed by atoms with E-state index in [0.29, 0.717) is 5.39 Å². The van der Waals surface area contributed by atoms with Crippen LogP contribution in [0.4, 0.5) is 4.39 Å². The summed E-state index contributed by atoms with van der Waals surface area (Å²) < 4.78 is 13.8. The van der Waals surface area contributed by atoms with Crippen molar-refractivity contribution in [2.24, 2.45) is 0 Å². The lowest BCUT2D eigenvalue weighted by molar-refractivity contribution is 0.460. The molecule has 1 N–H and O–H groups in total. The highest BCUT2D eigenvalue weighted by atomic mass is 19.1. The molecule has 0 spiro atoms. The molecular weight excluding hydrogens is 263 g/mol. The third-order valence-electron chi connectivity index (χ3n) is 4.05. The molecule has 21 heavy (non-hydrogen) atoms. The minimum absolute atomic E-state index is 0.219. The number of benzene rings is 2. The molecular formula is C19H21FO. The van der Waals surface area contributed by atoms with Gasteiger partial charge in [-0.05, 0) is 35.9 Å². The van der Waals surface area contributed by atoms with Gasteiger partial charge in [0.2, 0.25) is 0 Å². The van der Waals surface area contributed by atoms with Gasteiger partial charge in [-0.3, -0.25) is 0 Å². The van der Waals surface area contributed by atoms with Crippen LogP contribution in [-0.4, -0.2) is 5.11 Å². The Balaban J connectivity index is 2.53. The molecule has 0 heterocycles. The van der Waals surface area contributed by atoms with Crippen molar-refractivity contribution < 1.29 is 9.50 Å². The summed E-state index contributed by atoms with van der Waals surface area (Å²) in [6, 6.07) is 6.43. The summed E-state index contributed by atoms with van der Waals surface area (Å²) in [5.41, 5.74) is 1.15. The lowest BCUT2D eigenvalue weighted by Gasteiger charge is -2.17. The number of aromatic hydroxyl groups is 1. The third-order valence-corrected chi connectivity index (χ3v) is 4.05. The number of hydrogen-bond acceptors (Lipinski definition) is 1. The Kier molecular flexibility index (Phi) is 4.85. The predicted octanol–water partition coefficient (Wildman–Crippen LogP) is 5.35. The van der Waals surface area contributed by atoms with Gasteiger partial charge < -0.3 is 5.11 Å². The highest BCUT2D eigenvalue weighted by Crippen LogP contribution is 2.37. The van der Waals surface area contributed by atoms with Crippen LogP contribution < -0.4 is 0 Å². The first-order valence-corrected chi connectivity index (χ1v) is 7.50. The molecule has 0 fully saturated rings. The van der Waals surface area contributed by atoms with Crippen LogP contribution in [0.5, 0.6) is 5.75 Å². The Labute approximate surface area is 125 Å². The molecule has 0 radical (unpaired) electrons. The van der Waals surface area contributed by atoms with Gasteiger partial charge in [-0.15, -0.1) is 6.42 Å². The van der Waals surface area contributed by atoms with Crippen molar-refractivity contribution in [3.05, 3.63) is 41.2 Å². The van der Waals surface area contributed by atoms with Crippen LogP contribution in [-0.2, 0) is 0 Å². The largest absolute Gasteiger partial charge is 0.508 e. The van der Waals surface area contributed by atoms with Crippen molar-refractivity contribution in [1.82, 2.24) is 0 Å². The van der Waals surface area contributed by atoms with Gasteiger partial charge in [0.15, 0.2) is 0 Å². The maximum absolute atomic E-state index is 13.8. The number of terminal acetylenes is 1. The number of unbranched alkanes of at least 4 members (excludes halogenated alkanes) is 2. The Morgan fingerprint density at radius 3 is 2.57 bits per heavy atom. The fourth-order valence-electron chi connectivity index (χ4n) is 2.90. The molecule has 0 aliphatic rings. The van der Waals surface area contributed by atoms with E-state index in [1.807, 2.05) is 0 Å². The Bertz CT molecular complexity index is 682. The highest BCUT2D eigenvalue weighted by Gasteiger charge is 2.16. The van der Waals surface area contributed by atoms with Gasteiger partial charge in [0.05, 0.1) is 5.56 Å². The first-order chi connectivity index (χ1) is 10.1. The van der Waals surface area contributed by atoms with E-state index < -0.39 is 0 Å². The molecule has 1 atom stereocenters. The number of phenols is 1. The van der Waals surface area contributed by atoms with Crippen LogP contribution in [0.3, 0.4) is 0 Å². The van der Waals surface area contributed by atoms with Crippen LogP contribution in [0.1, 0.15) is 56.6 Å². The van der Waals surface area contributed by atoms with Gasteiger partial charge in [0.1, 0.15) is 11.6 Å². The molecule has 2 aromatic rings. The molecule has 0 bridgehead atoms. The van der Waals surface area contributed by atoms with E-state index in [1.165, 1.54) is 18.9 Å². The average Bonchev–Trinajstić information content (AvgIpc) is 2.47. The van der Waals surface area contributed by atoms with Crippen LogP contribution >= 0.6 is 0 Å². The van der Waals surface area contributed by atoms with E-state index in [1.54, 1.807) is 18.2 Å². The van der Waals surface area contributed by atoms with E-state index in [0.717, 1.165) is 23.8 Å². The molecule has 0 saturated carbocycles. The summed E-state index contributed by atoms with van der Waals surface area (Å²) >= 11 is 0. The molecule has 2 rings (SSSR count). The quantitative estimate of drug-likeness (QED) is 0.579. The molecule has 1 unspecified atom stereocenters. The number of halogens is 1. The topological polar surface area (TPSA) is 20.2 Å². The second-order valence-corrected chi connectivity index (χ2v) is 5.56. The van der Waals surface area contributed by atoms with Crippen molar-refractivity contribution in [3.63, 3.8) is 0 Å². The molecule has 0 saturated heterocycles. The van der Waals surface area contributed by atoms with Gasteiger partial charge in [0.25, 0.3) is 0 Å². The number of fused-ring (bicyclic) bond motifs is 1. The smallest absolute Gasteiger partial charge is 0.139 e. The van der Waals surface area contributed by atoms with E-state index in [4.69, 9.17) is 6.42 Å². The minimum Gasteiger partial charge on any atom is -0.508 e. The molecule has 0 aromatic heterocycles. The summed E-state index contributed by atoms with van der Waals surface area (Å²) in [5.74, 6) is 2.51. The van der Waals surface area contributed by atoms with Gasteiger partial charge in [-0.25, -0.2) is 4.39 Å². The summed E-state index contributed by atoms with van der Waals surface area (Å²) in [5, 5.41) is 11.8. The van der Waals surface area contributed by atoms with Gasteiger partial charge >= 0.3 is 0 Å². The normalized spacial score (nSPS) is 12.3. The monoisotopic (exact) mass is 284 g/mol. The summed E-state index contributed by atoms with van der Waals surface area (Å²) in [6.45, 7) is 4.27. The summed E-state index contributed by atoms with van der Waals surface area (Å²) in [6.07, 6.45) is 9.90. The first kappa shape index (κ1) is 15.4. The maximum atomic E-state index is 13.8. The Morgan fingerprint density at radius 1 is 1.19 bits per heavy atom. The van der Waals surface area contributed by atoms with Crippen molar-refractivity contribution in [3.8, 4) is 18.1 Å².